The van der Waals surface area contributed by atoms with Crippen molar-refractivity contribution in [2.75, 3.05) is 13.2 Å². The van der Waals surface area contributed by atoms with E-state index in [1.165, 1.54) is 17.0 Å². The highest BCUT2D eigenvalue weighted by atomic mass is 19.1. The van der Waals surface area contributed by atoms with Gasteiger partial charge in [-0.25, -0.2) is 9.18 Å². The van der Waals surface area contributed by atoms with Crippen molar-refractivity contribution in [2.24, 2.45) is 0 Å². The van der Waals surface area contributed by atoms with E-state index in [9.17, 15) is 14.3 Å². The SMILES string of the molecule is CC[C@H](NC(=O)N(CCO)Cc1ccc(F)cc1)c1nc(C)no1. The van der Waals surface area contributed by atoms with Gasteiger partial charge in [-0.15, -0.1) is 0 Å². The van der Waals surface area contributed by atoms with Gasteiger partial charge in [0.05, 0.1) is 6.61 Å². The molecule has 2 amide bonds. The van der Waals surface area contributed by atoms with Crippen molar-refractivity contribution < 1.29 is 18.8 Å². The molecule has 0 aliphatic rings. The minimum absolute atomic E-state index is 0.155. The molecule has 0 unspecified atom stereocenters. The van der Waals surface area contributed by atoms with Crippen LogP contribution in [0.25, 0.3) is 0 Å². The summed E-state index contributed by atoms with van der Waals surface area (Å²) in [5, 5.41) is 15.7. The van der Waals surface area contributed by atoms with Gasteiger partial charge >= 0.3 is 6.03 Å². The summed E-state index contributed by atoms with van der Waals surface area (Å²) < 4.78 is 18.1. The van der Waals surface area contributed by atoms with Crippen molar-refractivity contribution in [3.8, 4) is 0 Å². The number of nitrogens with zero attached hydrogens (tertiary/aromatic N) is 3. The highest BCUT2D eigenvalue weighted by Crippen LogP contribution is 2.15. The third-order valence-corrected chi connectivity index (χ3v) is 3.49. The molecule has 130 valence electrons. The maximum atomic E-state index is 13.0. The monoisotopic (exact) mass is 336 g/mol. The molecular weight excluding hydrogens is 315 g/mol. The van der Waals surface area contributed by atoms with Crippen molar-refractivity contribution in [3.63, 3.8) is 0 Å². The van der Waals surface area contributed by atoms with E-state index in [1.807, 2.05) is 6.92 Å². The molecule has 0 saturated heterocycles. The van der Waals surface area contributed by atoms with Crippen LogP contribution in [0.2, 0.25) is 0 Å². The van der Waals surface area contributed by atoms with E-state index in [-0.39, 0.29) is 31.5 Å². The van der Waals surface area contributed by atoms with Gasteiger partial charge < -0.3 is 19.8 Å². The predicted molar refractivity (Wildman–Crippen MR) is 84.5 cm³/mol. The van der Waals surface area contributed by atoms with Gasteiger partial charge in [0, 0.05) is 13.1 Å². The van der Waals surface area contributed by atoms with Gasteiger partial charge in [-0.2, -0.15) is 4.98 Å². The third kappa shape index (κ3) is 4.76. The Kier molecular flexibility index (Phi) is 6.25. The fourth-order valence-electron chi connectivity index (χ4n) is 2.22. The molecule has 0 bridgehead atoms. The van der Waals surface area contributed by atoms with Crippen LogP contribution in [0.5, 0.6) is 0 Å². The Morgan fingerprint density at radius 1 is 1.42 bits per heavy atom. The summed E-state index contributed by atoms with van der Waals surface area (Å²) in [5.74, 6) is 0.500. The quantitative estimate of drug-likeness (QED) is 0.808. The van der Waals surface area contributed by atoms with Gasteiger partial charge in [0.1, 0.15) is 11.9 Å². The molecule has 24 heavy (non-hydrogen) atoms. The number of rotatable bonds is 7. The lowest BCUT2D eigenvalue weighted by Gasteiger charge is -2.24. The van der Waals surface area contributed by atoms with E-state index in [2.05, 4.69) is 15.5 Å². The molecule has 7 nitrogen and oxygen atoms in total. The zero-order chi connectivity index (χ0) is 17.5. The van der Waals surface area contributed by atoms with Gasteiger partial charge in [-0.05, 0) is 31.0 Å². The molecule has 8 heteroatoms. The van der Waals surface area contributed by atoms with Crippen molar-refractivity contribution in [2.45, 2.75) is 32.9 Å². The second-order valence-electron chi connectivity index (χ2n) is 5.36. The summed E-state index contributed by atoms with van der Waals surface area (Å²) >= 11 is 0. The highest BCUT2D eigenvalue weighted by molar-refractivity contribution is 5.74. The van der Waals surface area contributed by atoms with Crippen LogP contribution in [-0.4, -0.2) is 39.3 Å². The third-order valence-electron chi connectivity index (χ3n) is 3.49. The first-order chi connectivity index (χ1) is 11.5. The first-order valence-corrected chi connectivity index (χ1v) is 7.74. The van der Waals surface area contributed by atoms with Crippen molar-refractivity contribution in [1.82, 2.24) is 20.4 Å². The molecule has 2 rings (SSSR count). The molecule has 1 aromatic carbocycles. The second-order valence-corrected chi connectivity index (χ2v) is 5.36. The topological polar surface area (TPSA) is 91.5 Å². The standard InChI is InChI=1S/C16H21FN4O3/c1-3-14(15-18-11(2)20-24-15)19-16(23)21(8-9-22)10-12-4-6-13(17)7-5-12/h4-7,14,22H,3,8-10H2,1-2H3,(H,19,23)/t14-/m0/s1. The van der Waals surface area contributed by atoms with E-state index in [4.69, 9.17) is 4.52 Å². The number of hydrogen-bond donors (Lipinski definition) is 2. The largest absolute Gasteiger partial charge is 0.395 e. The molecule has 0 aliphatic heterocycles. The molecular formula is C16H21FN4O3. The minimum Gasteiger partial charge on any atom is -0.395 e. The normalized spacial score (nSPS) is 12.0. The van der Waals surface area contributed by atoms with Gasteiger partial charge in [-0.3, -0.25) is 0 Å². The maximum Gasteiger partial charge on any atom is 0.318 e. The van der Waals surface area contributed by atoms with E-state index < -0.39 is 6.04 Å². The number of aliphatic hydroxyl groups excluding tert-OH is 1. The fourth-order valence-corrected chi connectivity index (χ4v) is 2.22. The number of aryl methyl sites for hydroxylation is 1. The zero-order valence-electron chi connectivity index (χ0n) is 13.7. The van der Waals surface area contributed by atoms with Crippen LogP contribution >= 0.6 is 0 Å². The number of aromatic nitrogens is 2. The summed E-state index contributed by atoms with van der Waals surface area (Å²) in [7, 11) is 0. The Bertz CT molecular complexity index is 660. The van der Waals surface area contributed by atoms with Crippen LogP contribution in [-0.2, 0) is 6.54 Å². The molecule has 0 saturated carbocycles. The van der Waals surface area contributed by atoms with E-state index in [0.717, 1.165) is 5.56 Å². The smallest absolute Gasteiger partial charge is 0.318 e. The molecule has 1 heterocycles. The van der Waals surface area contributed by atoms with Gasteiger partial charge in [0.15, 0.2) is 5.82 Å². The summed E-state index contributed by atoms with van der Waals surface area (Å²) in [4.78, 5) is 18.1. The Hall–Kier alpha value is -2.48. The van der Waals surface area contributed by atoms with Crippen LogP contribution in [0.3, 0.4) is 0 Å². The predicted octanol–water partition coefficient (Wildman–Crippen LogP) is 2.17. The van der Waals surface area contributed by atoms with Gasteiger partial charge in [0.25, 0.3) is 0 Å². The van der Waals surface area contributed by atoms with E-state index in [1.54, 1.807) is 19.1 Å². The summed E-state index contributed by atoms with van der Waals surface area (Å²) in [6.07, 6.45) is 0.580. The molecule has 1 aromatic heterocycles. The zero-order valence-corrected chi connectivity index (χ0v) is 13.7. The fraction of sp³-hybridized carbons (Fsp3) is 0.438. The van der Waals surface area contributed by atoms with Crippen LogP contribution in [0.4, 0.5) is 9.18 Å². The molecule has 2 aromatic rings. The van der Waals surface area contributed by atoms with Gasteiger partial charge in [0.2, 0.25) is 5.89 Å². The average Bonchev–Trinajstić information content (AvgIpc) is 3.00. The average molecular weight is 336 g/mol. The Labute approximate surface area is 139 Å². The Balaban J connectivity index is 2.05. The Morgan fingerprint density at radius 2 is 2.12 bits per heavy atom. The first kappa shape index (κ1) is 17.9. The highest BCUT2D eigenvalue weighted by Gasteiger charge is 2.22. The number of nitrogens with one attached hydrogen (secondary N) is 1. The number of amides is 2. The van der Waals surface area contributed by atoms with Crippen molar-refractivity contribution in [1.29, 1.82) is 0 Å². The minimum atomic E-state index is -0.409. The molecule has 0 aliphatic carbocycles. The molecule has 1 atom stereocenters. The lowest BCUT2D eigenvalue weighted by atomic mass is 10.2. The van der Waals surface area contributed by atoms with Crippen LogP contribution in [0.15, 0.2) is 28.8 Å². The van der Waals surface area contributed by atoms with Crippen LogP contribution < -0.4 is 5.32 Å². The number of aliphatic hydroxyl groups is 1. The molecule has 2 N–H and O–H groups in total. The summed E-state index contributed by atoms with van der Waals surface area (Å²) in [6.45, 7) is 3.83. The van der Waals surface area contributed by atoms with E-state index in [0.29, 0.717) is 18.1 Å². The van der Waals surface area contributed by atoms with E-state index >= 15 is 0 Å². The molecule has 0 radical (unpaired) electrons. The van der Waals surface area contributed by atoms with Crippen molar-refractivity contribution in [3.05, 3.63) is 47.4 Å². The summed E-state index contributed by atoms with van der Waals surface area (Å²) in [5.41, 5.74) is 0.765. The van der Waals surface area contributed by atoms with Crippen LogP contribution in [0.1, 0.15) is 36.7 Å². The number of carbonyl (C=O) groups excluding carboxylic acids is 1. The molecule has 0 spiro atoms. The first-order valence-electron chi connectivity index (χ1n) is 7.74. The van der Waals surface area contributed by atoms with Crippen LogP contribution in [0, 0.1) is 12.7 Å². The number of hydrogen-bond acceptors (Lipinski definition) is 5. The number of urea groups is 1. The van der Waals surface area contributed by atoms with Gasteiger partial charge in [-0.1, -0.05) is 24.2 Å². The lowest BCUT2D eigenvalue weighted by molar-refractivity contribution is 0.168. The number of carbonyl (C=O) groups is 1. The lowest BCUT2D eigenvalue weighted by Crippen LogP contribution is -2.42. The number of benzene rings is 1. The summed E-state index contributed by atoms with van der Waals surface area (Å²) in [6, 6.07) is 5.10. The second kappa shape index (κ2) is 8.39. The maximum absolute atomic E-state index is 13.0. The molecule has 0 fully saturated rings. The number of halogens is 1. The van der Waals surface area contributed by atoms with Crippen molar-refractivity contribution >= 4 is 6.03 Å². The Morgan fingerprint density at radius 3 is 2.67 bits per heavy atom.